The molecule has 0 atom stereocenters. The van der Waals surface area contributed by atoms with Gasteiger partial charge in [0.25, 0.3) is 5.91 Å². The van der Waals surface area contributed by atoms with Gasteiger partial charge in [-0.3, -0.25) is 9.59 Å². The smallest absolute Gasteiger partial charge is 0.255 e. The fourth-order valence-electron chi connectivity index (χ4n) is 2.61. The van der Waals surface area contributed by atoms with Crippen molar-refractivity contribution in [3.8, 4) is 5.75 Å². The summed E-state index contributed by atoms with van der Waals surface area (Å²) >= 11 is 0. The average Bonchev–Trinajstić information content (AvgIpc) is 2.73. The molecule has 2 amide bonds. The molecular weight excluding hydrogens is 371 g/mol. The maximum absolute atomic E-state index is 13.1. The van der Waals surface area contributed by atoms with Crippen molar-refractivity contribution in [2.75, 3.05) is 17.7 Å². The van der Waals surface area contributed by atoms with E-state index in [0.29, 0.717) is 28.3 Å². The Morgan fingerprint density at radius 1 is 0.931 bits per heavy atom. The third-order valence-corrected chi connectivity index (χ3v) is 4.05. The minimum absolute atomic E-state index is 0.293. The summed E-state index contributed by atoms with van der Waals surface area (Å²) in [7, 11) is 1.53. The highest BCUT2D eigenvalue weighted by Gasteiger charge is 2.09. The molecular formula is C23H19FN2O3. The summed E-state index contributed by atoms with van der Waals surface area (Å²) in [6.07, 6.45) is 2.84. The van der Waals surface area contributed by atoms with Crippen molar-refractivity contribution in [2.24, 2.45) is 0 Å². The van der Waals surface area contributed by atoms with Gasteiger partial charge < -0.3 is 15.4 Å². The van der Waals surface area contributed by atoms with Crippen LogP contribution in [0.1, 0.15) is 15.9 Å². The Bertz CT molecular complexity index is 1050. The van der Waals surface area contributed by atoms with Gasteiger partial charge in [0, 0.05) is 17.3 Å². The lowest BCUT2D eigenvalue weighted by Gasteiger charge is -2.10. The van der Waals surface area contributed by atoms with Crippen molar-refractivity contribution in [1.82, 2.24) is 0 Å². The van der Waals surface area contributed by atoms with Gasteiger partial charge in [-0.1, -0.05) is 24.3 Å². The highest BCUT2D eigenvalue weighted by molar-refractivity contribution is 6.06. The summed E-state index contributed by atoms with van der Waals surface area (Å²) in [5, 5.41) is 5.48. The molecule has 29 heavy (non-hydrogen) atoms. The maximum atomic E-state index is 13.1. The first-order valence-electron chi connectivity index (χ1n) is 8.84. The highest BCUT2D eigenvalue weighted by atomic mass is 19.1. The zero-order chi connectivity index (χ0) is 20.6. The van der Waals surface area contributed by atoms with E-state index < -0.39 is 0 Å². The topological polar surface area (TPSA) is 67.4 Å². The molecule has 2 N–H and O–H groups in total. The molecule has 6 heteroatoms. The third kappa shape index (κ3) is 5.52. The molecule has 0 aliphatic heterocycles. The zero-order valence-corrected chi connectivity index (χ0v) is 15.7. The summed E-state index contributed by atoms with van der Waals surface area (Å²) in [5.41, 5.74) is 2.13. The predicted octanol–water partition coefficient (Wildman–Crippen LogP) is 4.74. The van der Waals surface area contributed by atoms with Crippen molar-refractivity contribution >= 4 is 29.3 Å². The molecule has 0 aliphatic carbocycles. The van der Waals surface area contributed by atoms with Crippen LogP contribution in [0.2, 0.25) is 0 Å². The first-order valence-corrected chi connectivity index (χ1v) is 8.84. The van der Waals surface area contributed by atoms with E-state index in [0.717, 1.165) is 0 Å². The van der Waals surface area contributed by atoms with Crippen molar-refractivity contribution in [3.05, 3.63) is 95.8 Å². The molecule has 146 valence electrons. The fraction of sp³-hybridized carbons (Fsp3) is 0.0435. The van der Waals surface area contributed by atoms with Crippen LogP contribution in [0.4, 0.5) is 15.8 Å². The van der Waals surface area contributed by atoms with Gasteiger partial charge in [-0.15, -0.1) is 0 Å². The molecule has 3 aromatic carbocycles. The van der Waals surface area contributed by atoms with E-state index >= 15 is 0 Å². The van der Waals surface area contributed by atoms with Gasteiger partial charge in [0.2, 0.25) is 5.91 Å². The Labute approximate surface area is 167 Å². The number of carbonyl (C=O) groups excluding carboxylic acids is 2. The molecule has 3 rings (SSSR count). The lowest BCUT2D eigenvalue weighted by molar-refractivity contribution is -0.111. The minimum atomic E-state index is -0.366. The molecule has 0 bridgehead atoms. The van der Waals surface area contributed by atoms with Crippen LogP contribution in [-0.2, 0) is 4.79 Å². The number of carbonyl (C=O) groups is 2. The van der Waals surface area contributed by atoms with Gasteiger partial charge in [-0.05, 0) is 60.2 Å². The van der Waals surface area contributed by atoms with Crippen LogP contribution in [0.15, 0.2) is 78.9 Å². The molecule has 0 aromatic heterocycles. The summed E-state index contributed by atoms with van der Waals surface area (Å²) in [6, 6.07) is 19.5. The summed E-state index contributed by atoms with van der Waals surface area (Å²) in [4.78, 5) is 24.4. The summed E-state index contributed by atoms with van der Waals surface area (Å²) in [5.74, 6) is -0.455. The Morgan fingerprint density at radius 3 is 2.41 bits per heavy atom. The highest BCUT2D eigenvalue weighted by Crippen LogP contribution is 2.23. The van der Waals surface area contributed by atoms with Crippen LogP contribution in [0.3, 0.4) is 0 Å². The van der Waals surface area contributed by atoms with Crippen molar-refractivity contribution in [3.63, 3.8) is 0 Å². The number of hydrogen-bond acceptors (Lipinski definition) is 3. The van der Waals surface area contributed by atoms with E-state index in [9.17, 15) is 14.0 Å². The molecule has 0 radical (unpaired) electrons. The molecule has 0 saturated carbocycles. The molecule has 0 heterocycles. The zero-order valence-electron chi connectivity index (χ0n) is 15.7. The number of nitrogens with one attached hydrogen (secondary N) is 2. The van der Waals surface area contributed by atoms with Gasteiger partial charge in [0.15, 0.2) is 0 Å². The standard InChI is InChI=1S/C23H19FN2O3/c1-29-21-8-3-2-7-20(21)26-23(28)17-10-12-19(13-11-17)25-22(27)14-9-16-5-4-6-18(24)15-16/h2-15H,1H3,(H,25,27)(H,26,28)/b14-9+. The number of ether oxygens (including phenoxy) is 1. The second kappa shape index (κ2) is 9.32. The van der Waals surface area contributed by atoms with Crippen LogP contribution < -0.4 is 15.4 Å². The number of halogens is 1. The van der Waals surface area contributed by atoms with Crippen molar-refractivity contribution in [1.29, 1.82) is 0 Å². The second-order valence-electron chi connectivity index (χ2n) is 6.11. The van der Waals surface area contributed by atoms with Crippen LogP contribution in [0.25, 0.3) is 6.08 Å². The first kappa shape index (κ1) is 19.8. The Balaban J connectivity index is 1.60. The van der Waals surface area contributed by atoms with Gasteiger partial charge >= 0.3 is 0 Å². The number of hydrogen-bond donors (Lipinski definition) is 2. The summed E-state index contributed by atoms with van der Waals surface area (Å²) < 4.78 is 18.4. The largest absolute Gasteiger partial charge is 0.495 e. The number of rotatable bonds is 6. The molecule has 0 fully saturated rings. The Morgan fingerprint density at radius 2 is 1.69 bits per heavy atom. The van der Waals surface area contributed by atoms with Gasteiger partial charge in [0.05, 0.1) is 12.8 Å². The van der Waals surface area contributed by atoms with E-state index in [1.165, 1.54) is 31.4 Å². The third-order valence-electron chi connectivity index (χ3n) is 4.05. The Kier molecular flexibility index (Phi) is 6.37. The predicted molar refractivity (Wildman–Crippen MR) is 111 cm³/mol. The molecule has 0 aliphatic rings. The number of amides is 2. The molecule has 5 nitrogen and oxygen atoms in total. The Hall–Kier alpha value is -3.93. The van der Waals surface area contributed by atoms with Gasteiger partial charge in [-0.25, -0.2) is 4.39 Å². The number of methoxy groups -OCH3 is 1. The monoisotopic (exact) mass is 390 g/mol. The van der Waals surface area contributed by atoms with Crippen LogP contribution in [0.5, 0.6) is 5.75 Å². The maximum Gasteiger partial charge on any atom is 0.255 e. The normalized spacial score (nSPS) is 10.6. The van der Waals surface area contributed by atoms with Crippen LogP contribution in [0, 0.1) is 5.82 Å². The lowest BCUT2D eigenvalue weighted by atomic mass is 10.1. The summed E-state index contributed by atoms with van der Waals surface area (Å²) in [6.45, 7) is 0. The molecule has 0 unspecified atom stereocenters. The number of anilines is 2. The SMILES string of the molecule is COc1ccccc1NC(=O)c1ccc(NC(=O)/C=C/c2cccc(F)c2)cc1. The van der Waals surface area contributed by atoms with Crippen LogP contribution >= 0.6 is 0 Å². The van der Waals surface area contributed by atoms with Gasteiger partial charge in [0.1, 0.15) is 11.6 Å². The minimum Gasteiger partial charge on any atom is -0.495 e. The van der Waals surface area contributed by atoms with E-state index in [-0.39, 0.29) is 17.6 Å². The molecule has 0 saturated heterocycles. The van der Waals surface area contributed by atoms with E-state index in [1.807, 2.05) is 6.07 Å². The van der Waals surface area contributed by atoms with Crippen molar-refractivity contribution in [2.45, 2.75) is 0 Å². The van der Waals surface area contributed by atoms with E-state index in [2.05, 4.69) is 10.6 Å². The lowest BCUT2D eigenvalue weighted by Crippen LogP contribution is -2.13. The van der Waals surface area contributed by atoms with Crippen LogP contribution in [-0.4, -0.2) is 18.9 Å². The number of para-hydroxylation sites is 2. The first-order chi connectivity index (χ1) is 14.0. The molecule has 0 spiro atoms. The molecule has 3 aromatic rings. The van der Waals surface area contributed by atoms with Gasteiger partial charge in [-0.2, -0.15) is 0 Å². The van der Waals surface area contributed by atoms with Crippen molar-refractivity contribution < 1.29 is 18.7 Å². The second-order valence-corrected chi connectivity index (χ2v) is 6.11. The number of benzene rings is 3. The van der Waals surface area contributed by atoms with E-state index in [4.69, 9.17) is 4.74 Å². The fourth-order valence-corrected chi connectivity index (χ4v) is 2.61. The quantitative estimate of drug-likeness (QED) is 0.598. The van der Waals surface area contributed by atoms with E-state index in [1.54, 1.807) is 54.6 Å². The average molecular weight is 390 g/mol.